The Kier molecular flexibility index (Phi) is 4.45. The molecule has 2 N–H and O–H groups in total. The number of carboxylic acids is 1. The van der Waals surface area contributed by atoms with Crippen molar-refractivity contribution < 1.29 is 14.8 Å². The molecule has 0 amide bonds. The predicted molar refractivity (Wildman–Crippen MR) is 76.5 cm³/mol. The molecule has 21 heavy (non-hydrogen) atoms. The van der Waals surface area contributed by atoms with E-state index in [-0.39, 0.29) is 16.9 Å². The molecule has 0 radical (unpaired) electrons. The number of carboxylic acid groups (broad SMARTS) is 1. The van der Waals surface area contributed by atoms with Gasteiger partial charge < -0.3 is 10.4 Å². The number of pyridine rings is 1. The van der Waals surface area contributed by atoms with Gasteiger partial charge in [0.1, 0.15) is 0 Å². The number of nitrogens with zero attached hydrogens (tertiary/aromatic N) is 2. The summed E-state index contributed by atoms with van der Waals surface area (Å²) in [4.78, 5) is 25.3. The molecule has 0 fully saturated rings. The molecule has 0 aliphatic heterocycles. The van der Waals surface area contributed by atoms with Crippen LogP contribution in [0.1, 0.15) is 15.9 Å². The van der Waals surface area contributed by atoms with Crippen LogP contribution in [0.3, 0.4) is 0 Å². The van der Waals surface area contributed by atoms with Gasteiger partial charge in [-0.15, -0.1) is 0 Å². The molecule has 2 aromatic rings. The van der Waals surface area contributed by atoms with E-state index in [4.69, 9.17) is 5.11 Å². The van der Waals surface area contributed by atoms with Gasteiger partial charge in [0, 0.05) is 31.1 Å². The molecule has 1 aromatic heterocycles. The largest absolute Gasteiger partial charge is 0.478 e. The molecule has 7 nitrogen and oxygen atoms in total. The average molecular weight is 287 g/mol. The maximum absolute atomic E-state index is 11.1. The van der Waals surface area contributed by atoms with Crippen molar-refractivity contribution in [2.45, 2.75) is 6.42 Å². The second-order valence-corrected chi connectivity index (χ2v) is 4.33. The van der Waals surface area contributed by atoms with Gasteiger partial charge in [0.25, 0.3) is 5.69 Å². The highest BCUT2D eigenvalue weighted by atomic mass is 16.6. The van der Waals surface area contributed by atoms with Crippen LogP contribution in [0.2, 0.25) is 0 Å². The fourth-order valence-corrected chi connectivity index (χ4v) is 1.87. The lowest BCUT2D eigenvalue weighted by molar-refractivity contribution is -0.384. The average Bonchev–Trinajstić information content (AvgIpc) is 2.48. The van der Waals surface area contributed by atoms with Crippen molar-refractivity contribution >= 4 is 17.3 Å². The summed E-state index contributed by atoms with van der Waals surface area (Å²) in [7, 11) is 0. The lowest BCUT2D eigenvalue weighted by Crippen LogP contribution is -2.10. The van der Waals surface area contributed by atoms with Crippen LogP contribution in [0.5, 0.6) is 0 Å². The number of rotatable bonds is 6. The van der Waals surface area contributed by atoms with Gasteiger partial charge in [-0.1, -0.05) is 6.07 Å². The fraction of sp³-hybridized carbons (Fsp3) is 0.143. The second-order valence-electron chi connectivity index (χ2n) is 4.33. The molecule has 1 aromatic carbocycles. The minimum absolute atomic E-state index is 0.00628. The summed E-state index contributed by atoms with van der Waals surface area (Å²) in [5, 5.41) is 22.8. The topological polar surface area (TPSA) is 105 Å². The number of nitro groups is 1. The maximum atomic E-state index is 11.1. The number of nitro benzene ring substituents is 1. The number of hydrogen-bond donors (Lipinski definition) is 2. The first-order chi connectivity index (χ1) is 10.1. The monoisotopic (exact) mass is 287 g/mol. The summed E-state index contributed by atoms with van der Waals surface area (Å²) in [6, 6.07) is 7.35. The van der Waals surface area contributed by atoms with Crippen LogP contribution in [-0.2, 0) is 6.42 Å². The number of benzene rings is 1. The van der Waals surface area contributed by atoms with Crippen LogP contribution >= 0.6 is 0 Å². The molecule has 108 valence electrons. The van der Waals surface area contributed by atoms with E-state index in [2.05, 4.69) is 10.3 Å². The van der Waals surface area contributed by atoms with Crippen molar-refractivity contribution in [2.75, 3.05) is 11.9 Å². The highest BCUT2D eigenvalue weighted by Crippen LogP contribution is 2.22. The summed E-state index contributed by atoms with van der Waals surface area (Å²) in [6.45, 7) is 0.452. The standard InChI is InChI=1S/C14H13N3O4/c18-14(19)12-4-3-11(17(20)21)8-13(12)16-7-5-10-2-1-6-15-9-10/h1-4,6,8-9,16H,5,7H2,(H,18,19). The SMILES string of the molecule is O=C(O)c1ccc([N+](=O)[O-])cc1NCCc1cccnc1. The first-order valence-electron chi connectivity index (χ1n) is 6.22. The Labute approximate surface area is 120 Å². The quantitative estimate of drug-likeness (QED) is 0.624. The van der Waals surface area contributed by atoms with Gasteiger partial charge in [-0.3, -0.25) is 15.1 Å². The van der Waals surface area contributed by atoms with Gasteiger partial charge in [-0.05, 0) is 24.1 Å². The van der Waals surface area contributed by atoms with Crippen LogP contribution in [0.15, 0.2) is 42.7 Å². The molecule has 0 spiro atoms. The molecule has 7 heteroatoms. The molecule has 0 bridgehead atoms. The maximum Gasteiger partial charge on any atom is 0.337 e. The number of aromatic carboxylic acids is 1. The third-order valence-electron chi connectivity index (χ3n) is 2.90. The lowest BCUT2D eigenvalue weighted by Gasteiger charge is -2.09. The minimum Gasteiger partial charge on any atom is -0.478 e. The van der Waals surface area contributed by atoms with Crippen LogP contribution in [-0.4, -0.2) is 27.5 Å². The molecule has 0 aliphatic rings. The van der Waals surface area contributed by atoms with Gasteiger partial charge in [0.05, 0.1) is 16.2 Å². The molecule has 0 atom stereocenters. The van der Waals surface area contributed by atoms with E-state index < -0.39 is 10.9 Å². The Morgan fingerprint density at radius 3 is 2.81 bits per heavy atom. The van der Waals surface area contributed by atoms with Crippen molar-refractivity contribution in [1.29, 1.82) is 0 Å². The molecule has 0 saturated carbocycles. The molecular weight excluding hydrogens is 274 g/mol. The van der Waals surface area contributed by atoms with Gasteiger partial charge in [0.15, 0.2) is 0 Å². The zero-order valence-electron chi connectivity index (χ0n) is 11.0. The van der Waals surface area contributed by atoms with E-state index in [9.17, 15) is 14.9 Å². The van der Waals surface area contributed by atoms with E-state index in [0.29, 0.717) is 13.0 Å². The summed E-state index contributed by atoms with van der Waals surface area (Å²) < 4.78 is 0. The molecule has 0 aliphatic carbocycles. The predicted octanol–water partition coefficient (Wildman–Crippen LogP) is 2.34. The van der Waals surface area contributed by atoms with Crippen LogP contribution in [0.25, 0.3) is 0 Å². The molecule has 0 saturated heterocycles. The number of hydrogen-bond acceptors (Lipinski definition) is 5. The first kappa shape index (κ1) is 14.4. The molecule has 0 unspecified atom stereocenters. The van der Waals surface area contributed by atoms with E-state index in [1.807, 2.05) is 12.1 Å². The van der Waals surface area contributed by atoms with Gasteiger partial charge >= 0.3 is 5.97 Å². The Morgan fingerprint density at radius 2 is 2.19 bits per heavy atom. The van der Waals surface area contributed by atoms with Gasteiger partial charge in [-0.25, -0.2) is 4.79 Å². The minimum atomic E-state index is -1.13. The van der Waals surface area contributed by atoms with Crippen molar-refractivity contribution in [2.24, 2.45) is 0 Å². The van der Waals surface area contributed by atoms with E-state index in [0.717, 1.165) is 5.56 Å². The van der Waals surface area contributed by atoms with Crippen LogP contribution < -0.4 is 5.32 Å². The number of anilines is 1. The second kappa shape index (κ2) is 6.47. The number of nitrogens with one attached hydrogen (secondary N) is 1. The zero-order valence-corrected chi connectivity index (χ0v) is 11.0. The lowest BCUT2D eigenvalue weighted by atomic mass is 10.1. The summed E-state index contributed by atoms with van der Waals surface area (Å²) in [5.74, 6) is -1.13. The van der Waals surface area contributed by atoms with E-state index in [1.165, 1.54) is 18.2 Å². The Balaban J connectivity index is 2.12. The van der Waals surface area contributed by atoms with Gasteiger partial charge in [-0.2, -0.15) is 0 Å². The molecule has 2 rings (SSSR count). The summed E-state index contributed by atoms with van der Waals surface area (Å²) in [5.41, 5.74) is 1.09. The number of non-ortho nitro benzene ring substituents is 1. The van der Waals surface area contributed by atoms with Crippen molar-refractivity contribution in [3.05, 3.63) is 64.0 Å². The van der Waals surface area contributed by atoms with Crippen molar-refractivity contribution in [1.82, 2.24) is 4.98 Å². The third kappa shape index (κ3) is 3.75. The van der Waals surface area contributed by atoms with Crippen LogP contribution in [0.4, 0.5) is 11.4 Å². The Bertz CT molecular complexity index is 659. The first-order valence-corrected chi connectivity index (χ1v) is 6.22. The normalized spacial score (nSPS) is 10.1. The Morgan fingerprint density at radius 1 is 1.38 bits per heavy atom. The Hall–Kier alpha value is -2.96. The van der Waals surface area contributed by atoms with Crippen LogP contribution in [0, 0.1) is 10.1 Å². The molecular formula is C14H13N3O4. The van der Waals surface area contributed by atoms with E-state index in [1.54, 1.807) is 12.4 Å². The summed E-state index contributed by atoms with van der Waals surface area (Å²) >= 11 is 0. The fourth-order valence-electron chi connectivity index (χ4n) is 1.87. The van der Waals surface area contributed by atoms with Crippen molar-refractivity contribution in [3.8, 4) is 0 Å². The molecule has 1 heterocycles. The summed E-state index contributed by atoms with van der Waals surface area (Å²) in [6.07, 6.45) is 4.02. The highest BCUT2D eigenvalue weighted by molar-refractivity contribution is 5.94. The van der Waals surface area contributed by atoms with Gasteiger partial charge in [0.2, 0.25) is 0 Å². The number of carbonyl (C=O) groups is 1. The zero-order chi connectivity index (χ0) is 15.2. The van der Waals surface area contributed by atoms with Crippen molar-refractivity contribution in [3.63, 3.8) is 0 Å². The highest BCUT2D eigenvalue weighted by Gasteiger charge is 2.14. The third-order valence-corrected chi connectivity index (χ3v) is 2.90. The number of aromatic nitrogens is 1. The van der Waals surface area contributed by atoms with E-state index >= 15 is 0 Å². The smallest absolute Gasteiger partial charge is 0.337 e.